The Kier molecular flexibility index (Phi) is 4.10. The number of halogens is 1. The molecule has 4 nitrogen and oxygen atoms in total. The van der Waals surface area contributed by atoms with Crippen molar-refractivity contribution in [2.24, 2.45) is 0 Å². The van der Waals surface area contributed by atoms with Crippen molar-refractivity contribution in [2.45, 2.75) is 13.0 Å². The second-order valence-corrected chi connectivity index (χ2v) is 5.58. The average Bonchev–Trinajstić information content (AvgIpc) is 2.56. The molecule has 1 unspecified atom stereocenters. The Morgan fingerprint density at radius 3 is 2.57 bits per heavy atom. The minimum Gasteiger partial charge on any atom is -0.352 e. The molecule has 0 bridgehead atoms. The molecular formula is C18H17FN2O2. The third kappa shape index (κ3) is 2.95. The predicted octanol–water partition coefficient (Wildman–Crippen LogP) is 2.45. The van der Waals surface area contributed by atoms with Gasteiger partial charge in [-0.15, -0.1) is 0 Å². The fourth-order valence-electron chi connectivity index (χ4n) is 2.75. The smallest absolute Gasteiger partial charge is 0.254 e. The Morgan fingerprint density at radius 1 is 1.17 bits per heavy atom. The molecule has 2 aromatic rings. The van der Waals surface area contributed by atoms with Gasteiger partial charge in [0.15, 0.2) is 0 Å². The van der Waals surface area contributed by atoms with Gasteiger partial charge < -0.3 is 10.2 Å². The predicted molar refractivity (Wildman–Crippen MR) is 84.4 cm³/mol. The minimum absolute atomic E-state index is 0.213. The largest absolute Gasteiger partial charge is 0.352 e. The minimum atomic E-state index is -0.946. The van der Waals surface area contributed by atoms with Crippen LogP contribution in [-0.4, -0.2) is 29.8 Å². The van der Waals surface area contributed by atoms with E-state index in [2.05, 4.69) is 5.32 Å². The van der Waals surface area contributed by atoms with E-state index in [1.165, 1.54) is 11.0 Å². The van der Waals surface area contributed by atoms with E-state index >= 15 is 0 Å². The first-order valence-electron chi connectivity index (χ1n) is 7.47. The van der Waals surface area contributed by atoms with Crippen LogP contribution in [0.1, 0.15) is 27.5 Å². The molecule has 0 aromatic heterocycles. The number of carbonyl (C=O) groups excluding carboxylic acids is 2. The van der Waals surface area contributed by atoms with Gasteiger partial charge in [-0.2, -0.15) is 0 Å². The molecule has 1 saturated heterocycles. The number of nitrogens with one attached hydrogen (secondary N) is 1. The van der Waals surface area contributed by atoms with Crippen LogP contribution in [-0.2, 0) is 4.79 Å². The summed E-state index contributed by atoms with van der Waals surface area (Å²) >= 11 is 0. The molecule has 1 aliphatic rings. The van der Waals surface area contributed by atoms with E-state index < -0.39 is 11.9 Å². The van der Waals surface area contributed by atoms with Crippen molar-refractivity contribution in [3.8, 4) is 0 Å². The number of hydrogen-bond donors (Lipinski definition) is 1. The summed E-state index contributed by atoms with van der Waals surface area (Å²) < 4.78 is 14.1. The van der Waals surface area contributed by atoms with Crippen molar-refractivity contribution in [2.75, 3.05) is 13.1 Å². The molecular weight excluding hydrogens is 295 g/mol. The lowest BCUT2D eigenvalue weighted by Gasteiger charge is -2.35. The highest BCUT2D eigenvalue weighted by molar-refractivity contribution is 5.98. The van der Waals surface area contributed by atoms with Gasteiger partial charge in [-0.05, 0) is 25.1 Å². The molecule has 3 rings (SSSR count). The lowest BCUT2D eigenvalue weighted by atomic mass is 10.0. The molecule has 1 atom stereocenters. The molecule has 23 heavy (non-hydrogen) atoms. The summed E-state index contributed by atoms with van der Waals surface area (Å²) in [6.07, 6.45) is 0. The number of carbonyl (C=O) groups is 2. The number of amides is 2. The van der Waals surface area contributed by atoms with Crippen molar-refractivity contribution in [1.29, 1.82) is 0 Å². The molecule has 1 heterocycles. The van der Waals surface area contributed by atoms with Gasteiger partial charge in [-0.25, -0.2) is 4.39 Å². The van der Waals surface area contributed by atoms with Gasteiger partial charge in [0.25, 0.3) is 5.91 Å². The maximum atomic E-state index is 14.1. The van der Waals surface area contributed by atoms with Crippen LogP contribution >= 0.6 is 0 Å². The van der Waals surface area contributed by atoms with Crippen molar-refractivity contribution in [3.63, 3.8) is 0 Å². The number of hydrogen-bond acceptors (Lipinski definition) is 2. The van der Waals surface area contributed by atoms with Gasteiger partial charge in [0.05, 0.1) is 0 Å². The van der Waals surface area contributed by atoms with Crippen LogP contribution < -0.4 is 5.32 Å². The molecule has 1 fully saturated rings. The zero-order valence-electron chi connectivity index (χ0n) is 12.8. The molecule has 0 spiro atoms. The number of benzene rings is 2. The molecule has 2 amide bonds. The first-order chi connectivity index (χ1) is 11.1. The standard InChI is InChI=1S/C18H17FN2O2/c1-12-6-8-13(9-7-12)18(23)21-11-10-20-17(22)16(21)14-4-2-3-5-15(14)19/h2-9,16H,10-11H2,1H3,(H,20,22). The summed E-state index contributed by atoms with van der Waals surface area (Å²) in [6.45, 7) is 2.64. The third-order valence-electron chi connectivity index (χ3n) is 3.97. The van der Waals surface area contributed by atoms with Gasteiger partial charge >= 0.3 is 0 Å². The maximum absolute atomic E-state index is 14.1. The van der Waals surface area contributed by atoms with Crippen LogP contribution in [0.2, 0.25) is 0 Å². The summed E-state index contributed by atoms with van der Waals surface area (Å²) in [6, 6.07) is 12.3. The first-order valence-corrected chi connectivity index (χ1v) is 7.47. The summed E-state index contributed by atoms with van der Waals surface area (Å²) in [5.41, 5.74) is 1.75. The number of aryl methyl sites for hydroxylation is 1. The second kappa shape index (κ2) is 6.20. The highest BCUT2D eigenvalue weighted by atomic mass is 19.1. The Bertz CT molecular complexity index is 743. The molecule has 0 aliphatic carbocycles. The van der Waals surface area contributed by atoms with E-state index in [-0.39, 0.29) is 17.4 Å². The Morgan fingerprint density at radius 2 is 1.87 bits per heavy atom. The third-order valence-corrected chi connectivity index (χ3v) is 3.97. The van der Waals surface area contributed by atoms with Crippen LogP contribution in [0.15, 0.2) is 48.5 Å². The van der Waals surface area contributed by atoms with E-state index in [4.69, 9.17) is 0 Å². The zero-order chi connectivity index (χ0) is 16.4. The zero-order valence-corrected chi connectivity index (χ0v) is 12.8. The Balaban J connectivity index is 1.98. The van der Waals surface area contributed by atoms with Crippen molar-refractivity contribution in [1.82, 2.24) is 10.2 Å². The molecule has 118 valence electrons. The molecule has 0 radical (unpaired) electrons. The SMILES string of the molecule is Cc1ccc(C(=O)N2CCNC(=O)C2c2ccccc2F)cc1. The number of piperazine rings is 1. The van der Waals surface area contributed by atoms with Crippen LogP contribution in [0.3, 0.4) is 0 Å². The van der Waals surface area contributed by atoms with Gasteiger partial charge in [-0.3, -0.25) is 9.59 Å². The van der Waals surface area contributed by atoms with E-state index in [0.717, 1.165) is 5.56 Å². The van der Waals surface area contributed by atoms with Crippen LogP contribution in [0.4, 0.5) is 4.39 Å². The number of rotatable bonds is 2. The summed E-state index contributed by atoms with van der Waals surface area (Å²) in [5.74, 6) is -1.12. The van der Waals surface area contributed by atoms with Crippen LogP contribution in [0.5, 0.6) is 0 Å². The molecule has 5 heteroatoms. The van der Waals surface area contributed by atoms with Crippen molar-refractivity contribution >= 4 is 11.8 Å². The topological polar surface area (TPSA) is 49.4 Å². The highest BCUT2D eigenvalue weighted by Gasteiger charge is 2.36. The summed E-state index contributed by atoms with van der Waals surface area (Å²) in [4.78, 5) is 26.5. The molecule has 2 aromatic carbocycles. The van der Waals surface area contributed by atoms with Crippen LogP contribution in [0, 0.1) is 12.7 Å². The maximum Gasteiger partial charge on any atom is 0.254 e. The van der Waals surface area contributed by atoms with E-state index in [1.807, 2.05) is 19.1 Å². The van der Waals surface area contributed by atoms with Crippen molar-refractivity contribution < 1.29 is 14.0 Å². The van der Waals surface area contributed by atoms with Crippen LogP contribution in [0.25, 0.3) is 0 Å². The fraction of sp³-hybridized carbons (Fsp3) is 0.222. The van der Waals surface area contributed by atoms with E-state index in [0.29, 0.717) is 18.7 Å². The summed E-state index contributed by atoms with van der Waals surface area (Å²) in [7, 11) is 0. The second-order valence-electron chi connectivity index (χ2n) is 5.58. The monoisotopic (exact) mass is 312 g/mol. The Labute approximate surface area is 133 Å². The lowest BCUT2D eigenvalue weighted by Crippen LogP contribution is -2.52. The Hall–Kier alpha value is -2.69. The van der Waals surface area contributed by atoms with E-state index in [1.54, 1.807) is 30.3 Å². The molecule has 0 saturated carbocycles. The molecule has 1 aliphatic heterocycles. The first kappa shape index (κ1) is 15.2. The normalized spacial score (nSPS) is 17.7. The summed E-state index contributed by atoms with van der Waals surface area (Å²) in [5, 5.41) is 2.70. The van der Waals surface area contributed by atoms with Gasteiger partial charge in [0, 0.05) is 24.2 Å². The lowest BCUT2D eigenvalue weighted by molar-refractivity contribution is -0.128. The highest BCUT2D eigenvalue weighted by Crippen LogP contribution is 2.27. The number of nitrogens with zero attached hydrogens (tertiary/aromatic N) is 1. The average molecular weight is 312 g/mol. The van der Waals surface area contributed by atoms with Gasteiger partial charge in [0.1, 0.15) is 11.9 Å². The fourth-order valence-corrected chi connectivity index (χ4v) is 2.75. The quantitative estimate of drug-likeness (QED) is 0.926. The molecule has 1 N–H and O–H groups in total. The van der Waals surface area contributed by atoms with Gasteiger partial charge in [0.2, 0.25) is 5.91 Å². The van der Waals surface area contributed by atoms with E-state index in [9.17, 15) is 14.0 Å². The van der Waals surface area contributed by atoms with Gasteiger partial charge in [-0.1, -0.05) is 35.9 Å². The van der Waals surface area contributed by atoms with Crippen molar-refractivity contribution in [3.05, 3.63) is 71.0 Å².